The number of hydrogen-bond donors (Lipinski definition) is 3. The van der Waals surface area contributed by atoms with Crippen LogP contribution < -0.4 is 16.8 Å². The highest BCUT2D eigenvalue weighted by Gasteiger charge is 2.57. The van der Waals surface area contributed by atoms with E-state index in [1.807, 2.05) is 0 Å². The predicted molar refractivity (Wildman–Crippen MR) is 105 cm³/mol. The van der Waals surface area contributed by atoms with Crippen LogP contribution >= 0.6 is 0 Å². The molecule has 0 aliphatic carbocycles. The molecule has 1 amide bonds. The van der Waals surface area contributed by atoms with Crippen molar-refractivity contribution in [3.8, 4) is 0 Å². The van der Waals surface area contributed by atoms with Crippen molar-refractivity contribution in [3.05, 3.63) is 58.9 Å². The Kier molecular flexibility index (Phi) is 4.81. The summed E-state index contributed by atoms with van der Waals surface area (Å²) in [5.74, 6) is -3.41. The lowest BCUT2D eigenvalue weighted by atomic mass is 9.81. The molecule has 2 aromatic rings. The van der Waals surface area contributed by atoms with Gasteiger partial charge in [-0.25, -0.2) is 13.2 Å². The van der Waals surface area contributed by atoms with E-state index in [1.54, 1.807) is 0 Å². The summed E-state index contributed by atoms with van der Waals surface area (Å²) in [6.45, 7) is 1.79. The van der Waals surface area contributed by atoms with Crippen LogP contribution in [-0.4, -0.2) is 29.9 Å². The number of carbonyl (C=O) groups is 1. The molecule has 30 heavy (non-hydrogen) atoms. The first kappa shape index (κ1) is 20.0. The molecule has 0 radical (unpaired) electrons. The SMILES string of the molecule is CC(=O)N1N=C(c2cc(F)ccc2F)OC12c1cc(F)cc(N)c1NCC2CCN. The number of amides is 1. The van der Waals surface area contributed by atoms with Crippen LogP contribution in [0.2, 0.25) is 0 Å². The minimum absolute atomic E-state index is 0.119. The van der Waals surface area contributed by atoms with E-state index in [0.29, 0.717) is 12.1 Å². The molecule has 0 aromatic heterocycles. The van der Waals surface area contributed by atoms with E-state index in [0.717, 1.165) is 29.3 Å². The Morgan fingerprint density at radius 3 is 2.77 bits per heavy atom. The number of carbonyl (C=O) groups excluding carboxylic acids is 1. The maximum Gasteiger partial charge on any atom is 0.244 e. The third-order valence-corrected chi connectivity index (χ3v) is 5.33. The number of hydrazone groups is 1. The van der Waals surface area contributed by atoms with Gasteiger partial charge in [0.2, 0.25) is 17.5 Å². The van der Waals surface area contributed by atoms with Gasteiger partial charge in [0.05, 0.1) is 16.9 Å². The van der Waals surface area contributed by atoms with Gasteiger partial charge >= 0.3 is 0 Å². The quantitative estimate of drug-likeness (QED) is 0.663. The van der Waals surface area contributed by atoms with Crippen LogP contribution in [-0.2, 0) is 15.3 Å². The fourth-order valence-electron chi connectivity index (χ4n) is 4.07. The van der Waals surface area contributed by atoms with E-state index in [-0.39, 0.29) is 35.8 Å². The van der Waals surface area contributed by atoms with Crippen molar-refractivity contribution in [2.45, 2.75) is 19.1 Å². The number of ether oxygens (including phenoxy) is 1. The van der Waals surface area contributed by atoms with Crippen molar-refractivity contribution in [1.29, 1.82) is 0 Å². The first-order valence-corrected chi connectivity index (χ1v) is 9.35. The van der Waals surface area contributed by atoms with Crippen LogP contribution in [0.1, 0.15) is 24.5 Å². The maximum atomic E-state index is 14.4. The topological polar surface area (TPSA) is 106 Å². The minimum atomic E-state index is -1.61. The predicted octanol–water partition coefficient (Wildman–Crippen LogP) is 2.47. The van der Waals surface area contributed by atoms with Gasteiger partial charge in [0.15, 0.2) is 0 Å². The number of nitrogens with one attached hydrogen (secondary N) is 1. The molecule has 1 spiro atoms. The Labute approximate surface area is 170 Å². The lowest BCUT2D eigenvalue weighted by molar-refractivity contribution is -0.160. The summed E-state index contributed by atoms with van der Waals surface area (Å²) in [5, 5.41) is 8.33. The Morgan fingerprint density at radius 2 is 2.07 bits per heavy atom. The molecule has 0 saturated heterocycles. The van der Waals surface area contributed by atoms with Crippen LogP contribution in [0, 0.1) is 23.4 Å². The smallest absolute Gasteiger partial charge is 0.244 e. The zero-order chi connectivity index (χ0) is 21.6. The monoisotopic (exact) mass is 419 g/mol. The molecule has 10 heteroatoms. The molecule has 0 bridgehead atoms. The number of hydrogen-bond acceptors (Lipinski definition) is 6. The molecular weight excluding hydrogens is 399 g/mol. The molecule has 0 saturated carbocycles. The standard InChI is InChI=1S/C20H20F3N5O2/c1-10(29)28-20(30-19(27-28)14-6-12(21)2-3-16(14)23)11(4-5-24)9-26-18-15(20)7-13(22)8-17(18)25/h2-3,6-8,11,26H,4-5,9,24-25H2,1H3. The fraction of sp³-hybridized carbons (Fsp3) is 0.300. The molecule has 158 valence electrons. The number of fused-ring (bicyclic) bond motifs is 2. The third-order valence-electron chi connectivity index (χ3n) is 5.33. The highest BCUT2D eigenvalue weighted by molar-refractivity contribution is 5.97. The van der Waals surface area contributed by atoms with Crippen molar-refractivity contribution < 1.29 is 22.7 Å². The normalized spacial score (nSPS) is 22.4. The van der Waals surface area contributed by atoms with Gasteiger partial charge in [-0.1, -0.05) is 0 Å². The average Bonchev–Trinajstić information content (AvgIpc) is 3.08. The molecule has 2 aliphatic rings. The Hall–Kier alpha value is -3.27. The van der Waals surface area contributed by atoms with Gasteiger partial charge in [-0.2, -0.15) is 5.01 Å². The van der Waals surface area contributed by atoms with Gasteiger partial charge in [-0.15, -0.1) is 5.10 Å². The summed E-state index contributed by atoms with van der Waals surface area (Å²) in [4.78, 5) is 12.6. The molecule has 7 nitrogen and oxygen atoms in total. The summed E-state index contributed by atoms with van der Waals surface area (Å²) < 4.78 is 48.7. The summed E-state index contributed by atoms with van der Waals surface area (Å²) in [6, 6.07) is 5.15. The molecular formula is C20H20F3N5O2. The molecule has 2 heterocycles. The highest BCUT2D eigenvalue weighted by Crippen LogP contribution is 2.51. The van der Waals surface area contributed by atoms with Crippen molar-refractivity contribution in [2.24, 2.45) is 16.8 Å². The van der Waals surface area contributed by atoms with E-state index >= 15 is 0 Å². The summed E-state index contributed by atoms with van der Waals surface area (Å²) >= 11 is 0. The molecule has 5 N–H and O–H groups in total. The van der Waals surface area contributed by atoms with E-state index in [4.69, 9.17) is 16.2 Å². The zero-order valence-corrected chi connectivity index (χ0v) is 16.1. The minimum Gasteiger partial charge on any atom is -0.442 e. The molecule has 2 aromatic carbocycles. The first-order chi connectivity index (χ1) is 14.3. The second kappa shape index (κ2) is 7.21. The van der Waals surface area contributed by atoms with Crippen LogP contribution in [0.25, 0.3) is 0 Å². The fourth-order valence-corrected chi connectivity index (χ4v) is 4.07. The number of nitrogens with two attached hydrogens (primary N) is 2. The number of anilines is 2. The number of nitrogens with zero attached hydrogens (tertiary/aromatic N) is 2. The average molecular weight is 419 g/mol. The van der Waals surface area contributed by atoms with Gasteiger partial charge in [0.1, 0.15) is 17.5 Å². The van der Waals surface area contributed by atoms with E-state index in [2.05, 4.69) is 10.4 Å². The van der Waals surface area contributed by atoms with Gasteiger partial charge in [0.25, 0.3) is 0 Å². The number of nitrogen functional groups attached to an aromatic ring is 1. The van der Waals surface area contributed by atoms with Crippen LogP contribution in [0.5, 0.6) is 0 Å². The molecule has 0 fully saturated rings. The van der Waals surface area contributed by atoms with E-state index < -0.39 is 35.0 Å². The van der Waals surface area contributed by atoms with Crippen LogP contribution in [0.15, 0.2) is 35.4 Å². The zero-order valence-electron chi connectivity index (χ0n) is 16.1. The van der Waals surface area contributed by atoms with Gasteiger partial charge in [-0.3, -0.25) is 4.79 Å². The van der Waals surface area contributed by atoms with E-state index in [9.17, 15) is 18.0 Å². The van der Waals surface area contributed by atoms with Crippen LogP contribution in [0.3, 0.4) is 0 Å². The number of halogens is 3. The number of benzene rings is 2. The lowest BCUT2D eigenvalue weighted by Gasteiger charge is -2.45. The Balaban J connectivity index is 1.94. The maximum absolute atomic E-state index is 14.4. The van der Waals surface area contributed by atoms with Crippen molar-refractivity contribution in [2.75, 3.05) is 24.1 Å². The second-order valence-electron chi connectivity index (χ2n) is 7.23. The Bertz CT molecular complexity index is 1060. The van der Waals surface area contributed by atoms with Gasteiger partial charge < -0.3 is 21.5 Å². The second-order valence-corrected chi connectivity index (χ2v) is 7.23. The van der Waals surface area contributed by atoms with E-state index in [1.165, 1.54) is 13.0 Å². The third kappa shape index (κ3) is 2.95. The van der Waals surface area contributed by atoms with Gasteiger partial charge in [0, 0.05) is 24.9 Å². The summed E-state index contributed by atoms with van der Waals surface area (Å²) in [6.07, 6.45) is 0.376. The lowest BCUT2D eigenvalue weighted by Crippen LogP contribution is -2.55. The largest absolute Gasteiger partial charge is 0.442 e. The molecule has 2 aliphatic heterocycles. The van der Waals surface area contributed by atoms with Crippen molar-refractivity contribution in [1.82, 2.24) is 5.01 Å². The Morgan fingerprint density at radius 1 is 1.30 bits per heavy atom. The summed E-state index contributed by atoms with van der Waals surface area (Å²) in [7, 11) is 0. The summed E-state index contributed by atoms with van der Waals surface area (Å²) in [5.41, 5.74) is 10.6. The van der Waals surface area contributed by atoms with Gasteiger partial charge in [-0.05, 0) is 43.3 Å². The van der Waals surface area contributed by atoms with Crippen molar-refractivity contribution >= 4 is 23.2 Å². The first-order valence-electron chi connectivity index (χ1n) is 9.35. The molecule has 2 unspecified atom stereocenters. The van der Waals surface area contributed by atoms with Crippen LogP contribution in [0.4, 0.5) is 24.5 Å². The number of rotatable bonds is 3. The van der Waals surface area contributed by atoms with Crippen molar-refractivity contribution in [3.63, 3.8) is 0 Å². The highest BCUT2D eigenvalue weighted by atomic mass is 19.1. The molecule has 4 rings (SSSR count). The molecule has 2 atom stereocenters.